The van der Waals surface area contributed by atoms with Gasteiger partial charge < -0.3 is 0 Å². The molecule has 1 nitrogen and oxygen atoms in total. The van der Waals surface area contributed by atoms with Gasteiger partial charge in [0.1, 0.15) is 0 Å². The van der Waals surface area contributed by atoms with E-state index in [4.69, 9.17) is 0 Å². The van der Waals surface area contributed by atoms with Crippen LogP contribution in [0.15, 0.2) is 4.40 Å². The SMILES string of the molecule is CC(C)C(C)CS/C=N\S. The first-order valence-corrected chi connectivity index (χ1v) is 4.90. The van der Waals surface area contributed by atoms with Crippen molar-refractivity contribution in [2.24, 2.45) is 16.2 Å². The highest BCUT2D eigenvalue weighted by Crippen LogP contribution is 2.14. The lowest BCUT2D eigenvalue weighted by atomic mass is 10.0. The smallest absolute Gasteiger partial charge is 0.0677 e. The van der Waals surface area contributed by atoms with Gasteiger partial charge in [0.25, 0.3) is 0 Å². The molecule has 0 rings (SSSR count). The molecular formula is C7H15NS2. The molecule has 60 valence electrons. The Hall–Kier alpha value is 0.370. The molecule has 0 spiro atoms. The highest BCUT2D eigenvalue weighted by atomic mass is 32.2. The molecule has 0 aliphatic heterocycles. The summed E-state index contributed by atoms with van der Waals surface area (Å²) in [7, 11) is 0. The van der Waals surface area contributed by atoms with Gasteiger partial charge in [-0.05, 0) is 24.7 Å². The van der Waals surface area contributed by atoms with Crippen LogP contribution in [0, 0.1) is 11.8 Å². The van der Waals surface area contributed by atoms with Gasteiger partial charge in [0, 0.05) is 5.75 Å². The molecule has 1 atom stereocenters. The monoisotopic (exact) mass is 177 g/mol. The van der Waals surface area contributed by atoms with Crippen molar-refractivity contribution in [1.82, 2.24) is 0 Å². The summed E-state index contributed by atoms with van der Waals surface area (Å²) in [6.07, 6.45) is 0. The summed E-state index contributed by atoms with van der Waals surface area (Å²) in [5, 5.41) is 0. The Morgan fingerprint density at radius 1 is 1.50 bits per heavy atom. The van der Waals surface area contributed by atoms with Gasteiger partial charge in [0.2, 0.25) is 0 Å². The van der Waals surface area contributed by atoms with Crippen molar-refractivity contribution < 1.29 is 0 Å². The molecule has 0 bridgehead atoms. The fraction of sp³-hybridized carbons (Fsp3) is 0.857. The van der Waals surface area contributed by atoms with Crippen LogP contribution >= 0.6 is 24.6 Å². The third-order valence-electron chi connectivity index (χ3n) is 1.62. The largest absolute Gasteiger partial charge is 0.221 e. The summed E-state index contributed by atoms with van der Waals surface area (Å²) in [6, 6.07) is 0. The van der Waals surface area contributed by atoms with Crippen molar-refractivity contribution in [2.75, 3.05) is 5.75 Å². The Balaban J connectivity index is 3.30. The molecule has 0 aliphatic rings. The highest BCUT2D eigenvalue weighted by Gasteiger charge is 2.04. The zero-order valence-corrected chi connectivity index (χ0v) is 8.45. The number of rotatable bonds is 4. The Bertz CT molecular complexity index is 102. The van der Waals surface area contributed by atoms with Crippen molar-refractivity contribution in [3.05, 3.63) is 0 Å². The quantitative estimate of drug-likeness (QED) is 0.396. The fourth-order valence-corrected chi connectivity index (χ4v) is 1.46. The first-order chi connectivity index (χ1) is 4.68. The van der Waals surface area contributed by atoms with Crippen LogP contribution in [0.4, 0.5) is 0 Å². The van der Waals surface area contributed by atoms with E-state index in [1.165, 1.54) is 0 Å². The van der Waals surface area contributed by atoms with E-state index in [9.17, 15) is 0 Å². The van der Waals surface area contributed by atoms with Gasteiger partial charge in [0.05, 0.1) is 5.55 Å². The van der Waals surface area contributed by atoms with Crippen LogP contribution in [0.1, 0.15) is 20.8 Å². The van der Waals surface area contributed by atoms with Gasteiger partial charge in [-0.3, -0.25) is 0 Å². The second-order valence-corrected chi connectivity index (χ2v) is 3.88. The molecule has 0 aliphatic carbocycles. The normalized spacial score (nSPS) is 14.9. The molecule has 0 aromatic heterocycles. The Morgan fingerprint density at radius 3 is 2.50 bits per heavy atom. The lowest BCUT2D eigenvalue weighted by Crippen LogP contribution is -2.06. The van der Waals surface area contributed by atoms with Gasteiger partial charge >= 0.3 is 0 Å². The van der Waals surface area contributed by atoms with Crippen molar-refractivity contribution >= 4 is 30.1 Å². The maximum absolute atomic E-state index is 3.72. The molecule has 10 heavy (non-hydrogen) atoms. The average Bonchev–Trinajstić information content (AvgIpc) is 1.88. The van der Waals surface area contributed by atoms with Crippen LogP contribution in [0.25, 0.3) is 0 Å². The maximum atomic E-state index is 3.72. The van der Waals surface area contributed by atoms with E-state index >= 15 is 0 Å². The van der Waals surface area contributed by atoms with Gasteiger partial charge in [-0.2, -0.15) is 0 Å². The van der Waals surface area contributed by atoms with E-state index in [0.717, 1.165) is 17.6 Å². The molecule has 0 amide bonds. The second-order valence-electron chi connectivity index (χ2n) is 2.78. The maximum Gasteiger partial charge on any atom is 0.0677 e. The minimum Gasteiger partial charge on any atom is -0.221 e. The summed E-state index contributed by atoms with van der Waals surface area (Å²) in [5.41, 5.74) is 1.78. The van der Waals surface area contributed by atoms with E-state index < -0.39 is 0 Å². The molecule has 0 aromatic rings. The van der Waals surface area contributed by atoms with Gasteiger partial charge in [0.15, 0.2) is 0 Å². The third-order valence-corrected chi connectivity index (χ3v) is 2.86. The second kappa shape index (κ2) is 6.10. The summed E-state index contributed by atoms with van der Waals surface area (Å²) in [4.78, 5) is 0. The Kier molecular flexibility index (Phi) is 6.33. The van der Waals surface area contributed by atoms with Crippen LogP contribution in [-0.4, -0.2) is 11.3 Å². The first-order valence-electron chi connectivity index (χ1n) is 3.46. The van der Waals surface area contributed by atoms with Gasteiger partial charge in [-0.1, -0.05) is 20.8 Å². The molecule has 0 heterocycles. The molecule has 0 aromatic carbocycles. The van der Waals surface area contributed by atoms with Crippen molar-refractivity contribution in [1.29, 1.82) is 0 Å². The Labute approximate surface area is 73.2 Å². The zero-order valence-electron chi connectivity index (χ0n) is 6.74. The molecule has 0 saturated heterocycles. The molecule has 3 heteroatoms. The van der Waals surface area contributed by atoms with Crippen molar-refractivity contribution in [2.45, 2.75) is 20.8 Å². The first kappa shape index (κ1) is 10.4. The third kappa shape index (κ3) is 5.18. The predicted octanol–water partition coefficient (Wildman–Crippen LogP) is 2.88. The van der Waals surface area contributed by atoms with E-state index in [2.05, 4.69) is 38.0 Å². The summed E-state index contributed by atoms with van der Waals surface area (Å²) in [6.45, 7) is 6.73. The van der Waals surface area contributed by atoms with Crippen LogP contribution in [0.2, 0.25) is 0 Å². The summed E-state index contributed by atoms with van der Waals surface area (Å²) < 4.78 is 3.60. The van der Waals surface area contributed by atoms with Crippen LogP contribution < -0.4 is 0 Å². The highest BCUT2D eigenvalue weighted by molar-refractivity contribution is 8.12. The molecular weight excluding hydrogens is 162 g/mol. The molecule has 0 N–H and O–H groups in total. The van der Waals surface area contributed by atoms with E-state index in [-0.39, 0.29) is 0 Å². The standard InChI is InChI=1S/C7H15NS2/c1-6(2)7(3)4-10-5-8-9/h5-7,9H,4H2,1-3H3/b8-5-. The lowest BCUT2D eigenvalue weighted by Gasteiger charge is -2.12. The van der Waals surface area contributed by atoms with Crippen molar-refractivity contribution in [3.63, 3.8) is 0 Å². The number of hydrogen-bond donors (Lipinski definition) is 1. The van der Waals surface area contributed by atoms with Crippen LogP contribution in [-0.2, 0) is 0 Å². The zero-order chi connectivity index (χ0) is 7.98. The van der Waals surface area contributed by atoms with Gasteiger partial charge in [-0.25, -0.2) is 4.40 Å². The topological polar surface area (TPSA) is 12.4 Å². The minimum absolute atomic E-state index is 0.760. The van der Waals surface area contributed by atoms with E-state index in [0.29, 0.717) is 0 Å². The van der Waals surface area contributed by atoms with E-state index in [1.807, 2.05) is 0 Å². The molecule has 0 saturated carbocycles. The number of hydrogen-bond acceptors (Lipinski definition) is 3. The van der Waals surface area contributed by atoms with Crippen LogP contribution in [0.5, 0.6) is 0 Å². The van der Waals surface area contributed by atoms with Gasteiger partial charge in [-0.15, -0.1) is 11.8 Å². The van der Waals surface area contributed by atoms with Crippen LogP contribution in [0.3, 0.4) is 0 Å². The minimum atomic E-state index is 0.760. The summed E-state index contributed by atoms with van der Waals surface area (Å²) >= 11 is 5.45. The number of thioether (sulfide) groups is 1. The van der Waals surface area contributed by atoms with Crippen molar-refractivity contribution in [3.8, 4) is 0 Å². The summed E-state index contributed by atoms with van der Waals surface area (Å²) in [5.74, 6) is 2.67. The molecule has 1 unspecified atom stereocenters. The number of thiol groups is 1. The lowest BCUT2D eigenvalue weighted by molar-refractivity contribution is 0.465. The fourth-order valence-electron chi connectivity index (χ4n) is 0.421. The molecule has 0 fully saturated rings. The number of nitrogens with zero attached hydrogens (tertiary/aromatic N) is 1. The average molecular weight is 177 g/mol. The molecule has 0 radical (unpaired) electrons. The predicted molar refractivity (Wildman–Crippen MR) is 53.9 cm³/mol. The van der Waals surface area contributed by atoms with E-state index in [1.54, 1.807) is 17.3 Å². The Morgan fingerprint density at radius 2 is 2.10 bits per heavy atom.